The first kappa shape index (κ1) is 10.3. The maximum Gasteiger partial charge on any atom is 0.414 e. The van der Waals surface area contributed by atoms with Gasteiger partial charge >= 0.3 is 6.09 Å². The average Bonchev–Trinajstić information content (AvgIpc) is 2.61. The van der Waals surface area contributed by atoms with Gasteiger partial charge in [0, 0.05) is 17.3 Å². The smallest absolute Gasteiger partial charge is 0.414 e. The molecule has 5 heteroatoms. The lowest BCUT2D eigenvalue weighted by Crippen LogP contribution is -2.38. The van der Waals surface area contributed by atoms with Crippen LogP contribution in [0.1, 0.15) is 0 Å². The van der Waals surface area contributed by atoms with E-state index in [0.717, 1.165) is 5.69 Å². The van der Waals surface area contributed by atoms with Crippen LogP contribution in [0.4, 0.5) is 10.5 Å². The molecule has 2 rings (SSSR count). The van der Waals surface area contributed by atoms with E-state index in [1.807, 2.05) is 0 Å². The highest BCUT2D eigenvalue weighted by atomic mass is 35.5. The van der Waals surface area contributed by atoms with Crippen molar-refractivity contribution in [1.29, 1.82) is 0 Å². The molecule has 0 saturated carbocycles. The van der Waals surface area contributed by atoms with E-state index < -0.39 is 0 Å². The van der Waals surface area contributed by atoms with Crippen molar-refractivity contribution in [1.82, 2.24) is 0 Å². The number of carbonyl (C=O) groups is 1. The minimum absolute atomic E-state index is 0.0846. The molecular weight excluding hydrogens is 216 g/mol. The fraction of sp³-hybridized carbons (Fsp3) is 0.300. The Bertz CT molecular complexity index is 366. The fourth-order valence-electron chi connectivity index (χ4n) is 1.55. The van der Waals surface area contributed by atoms with Gasteiger partial charge in [-0.05, 0) is 24.3 Å². The number of rotatable bonds is 2. The van der Waals surface area contributed by atoms with Gasteiger partial charge in [-0.1, -0.05) is 11.6 Å². The zero-order valence-electron chi connectivity index (χ0n) is 8.02. The van der Waals surface area contributed by atoms with Crippen molar-refractivity contribution in [3.63, 3.8) is 0 Å². The minimum Gasteiger partial charge on any atom is -0.447 e. The summed E-state index contributed by atoms with van der Waals surface area (Å²) in [5.74, 6) is 0. The van der Waals surface area contributed by atoms with Crippen LogP contribution in [-0.4, -0.2) is 25.3 Å². The van der Waals surface area contributed by atoms with Gasteiger partial charge in [-0.25, -0.2) is 4.79 Å². The molecule has 0 radical (unpaired) electrons. The van der Waals surface area contributed by atoms with Crippen LogP contribution in [-0.2, 0) is 4.74 Å². The van der Waals surface area contributed by atoms with Crippen molar-refractivity contribution in [2.75, 3.05) is 18.1 Å². The number of benzene rings is 1. The number of ether oxygens (including phenoxy) is 1. The first-order valence-electron chi connectivity index (χ1n) is 4.64. The number of nitrogens with zero attached hydrogens (tertiary/aromatic N) is 1. The molecule has 1 aliphatic heterocycles. The number of cyclic esters (lactones) is 1. The van der Waals surface area contributed by atoms with E-state index in [4.69, 9.17) is 22.1 Å². The highest BCUT2D eigenvalue weighted by Gasteiger charge is 2.32. The summed E-state index contributed by atoms with van der Waals surface area (Å²) in [7, 11) is 0. The summed E-state index contributed by atoms with van der Waals surface area (Å²) < 4.78 is 4.93. The molecule has 80 valence electrons. The fourth-order valence-corrected chi connectivity index (χ4v) is 1.68. The van der Waals surface area contributed by atoms with Crippen LogP contribution in [0.25, 0.3) is 0 Å². The molecular formula is C10H11ClN2O2. The molecule has 15 heavy (non-hydrogen) atoms. The van der Waals surface area contributed by atoms with E-state index in [0.29, 0.717) is 18.2 Å². The molecule has 0 aliphatic carbocycles. The molecule has 0 bridgehead atoms. The molecule has 1 atom stereocenters. The monoisotopic (exact) mass is 226 g/mol. The Morgan fingerprint density at radius 1 is 1.47 bits per heavy atom. The Balaban J connectivity index is 2.28. The van der Waals surface area contributed by atoms with Crippen LogP contribution in [0.5, 0.6) is 0 Å². The molecule has 1 heterocycles. The van der Waals surface area contributed by atoms with Gasteiger partial charge in [-0.2, -0.15) is 0 Å². The number of hydrogen-bond donors (Lipinski definition) is 1. The summed E-state index contributed by atoms with van der Waals surface area (Å²) in [6, 6.07) is 6.93. The molecule has 4 nitrogen and oxygen atoms in total. The molecule has 0 spiro atoms. The lowest BCUT2D eigenvalue weighted by molar-refractivity contribution is 0.179. The molecule has 1 unspecified atom stereocenters. The predicted molar refractivity (Wildman–Crippen MR) is 58.1 cm³/mol. The Morgan fingerprint density at radius 3 is 2.73 bits per heavy atom. The van der Waals surface area contributed by atoms with Gasteiger partial charge in [0.25, 0.3) is 0 Å². The first-order chi connectivity index (χ1) is 7.22. The summed E-state index contributed by atoms with van der Waals surface area (Å²) in [4.78, 5) is 13.0. The zero-order valence-corrected chi connectivity index (χ0v) is 8.78. The van der Waals surface area contributed by atoms with Crippen molar-refractivity contribution in [3.05, 3.63) is 29.3 Å². The highest BCUT2D eigenvalue weighted by molar-refractivity contribution is 6.30. The summed E-state index contributed by atoms with van der Waals surface area (Å²) >= 11 is 5.77. The second-order valence-electron chi connectivity index (χ2n) is 3.31. The van der Waals surface area contributed by atoms with Crippen molar-refractivity contribution < 1.29 is 9.53 Å². The van der Waals surface area contributed by atoms with Gasteiger partial charge in [0.15, 0.2) is 0 Å². The van der Waals surface area contributed by atoms with Gasteiger partial charge in [0.05, 0.1) is 6.04 Å². The number of hydrogen-bond acceptors (Lipinski definition) is 3. The normalized spacial score (nSPS) is 20.5. The zero-order chi connectivity index (χ0) is 10.8. The Kier molecular flexibility index (Phi) is 2.79. The van der Waals surface area contributed by atoms with Crippen molar-refractivity contribution in [3.8, 4) is 0 Å². The third-order valence-corrected chi connectivity index (χ3v) is 2.59. The van der Waals surface area contributed by atoms with Gasteiger partial charge in [0.1, 0.15) is 6.61 Å². The largest absolute Gasteiger partial charge is 0.447 e. The van der Waals surface area contributed by atoms with Crippen LogP contribution in [0, 0.1) is 0 Å². The maximum atomic E-state index is 11.4. The second kappa shape index (κ2) is 4.08. The van der Waals surface area contributed by atoms with Crippen molar-refractivity contribution in [2.24, 2.45) is 5.73 Å². The van der Waals surface area contributed by atoms with E-state index >= 15 is 0 Å². The number of anilines is 1. The summed E-state index contributed by atoms with van der Waals surface area (Å²) in [6.07, 6.45) is -0.354. The van der Waals surface area contributed by atoms with E-state index in [1.54, 1.807) is 29.2 Å². The van der Waals surface area contributed by atoms with Gasteiger partial charge in [-0.3, -0.25) is 4.90 Å². The molecule has 1 aliphatic rings. The van der Waals surface area contributed by atoms with Crippen LogP contribution < -0.4 is 10.6 Å². The third-order valence-electron chi connectivity index (χ3n) is 2.34. The second-order valence-corrected chi connectivity index (χ2v) is 3.75. The molecule has 1 amide bonds. The van der Waals surface area contributed by atoms with Gasteiger partial charge in [0.2, 0.25) is 0 Å². The summed E-state index contributed by atoms with van der Waals surface area (Å²) in [5, 5.41) is 0.635. The Labute approximate surface area is 92.6 Å². The number of halogens is 1. The quantitative estimate of drug-likeness (QED) is 0.834. The molecule has 0 aromatic heterocycles. The Hall–Kier alpha value is -1.26. The molecule has 1 aromatic carbocycles. The molecule has 2 N–H and O–H groups in total. The molecule has 1 fully saturated rings. The minimum atomic E-state index is -0.354. The lowest BCUT2D eigenvalue weighted by Gasteiger charge is -2.19. The highest BCUT2D eigenvalue weighted by Crippen LogP contribution is 2.24. The van der Waals surface area contributed by atoms with Crippen LogP contribution in [0.15, 0.2) is 24.3 Å². The van der Waals surface area contributed by atoms with Crippen LogP contribution in [0.2, 0.25) is 5.02 Å². The predicted octanol–water partition coefficient (Wildman–Crippen LogP) is 1.62. The van der Waals surface area contributed by atoms with E-state index in [-0.39, 0.29) is 12.1 Å². The summed E-state index contributed by atoms with van der Waals surface area (Å²) in [6.45, 7) is 0.728. The lowest BCUT2D eigenvalue weighted by atomic mass is 10.2. The van der Waals surface area contributed by atoms with Crippen molar-refractivity contribution in [2.45, 2.75) is 6.04 Å². The standard InChI is InChI=1S/C10H11ClN2O2/c11-7-1-3-8(4-2-7)13-9(5-12)6-15-10(13)14/h1-4,9H,5-6,12H2. The molecule has 1 aromatic rings. The van der Waals surface area contributed by atoms with Gasteiger partial charge < -0.3 is 10.5 Å². The van der Waals surface area contributed by atoms with E-state index in [9.17, 15) is 4.79 Å². The van der Waals surface area contributed by atoms with Gasteiger partial charge in [-0.15, -0.1) is 0 Å². The first-order valence-corrected chi connectivity index (χ1v) is 5.02. The molecule has 1 saturated heterocycles. The SMILES string of the molecule is NCC1COC(=O)N1c1ccc(Cl)cc1. The number of amides is 1. The topological polar surface area (TPSA) is 55.6 Å². The van der Waals surface area contributed by atoms with Crippen molar-refractivity contribution >= 4 is 23.4 Å². The number of nitrogens with two attached hydrogens (primary N) is 1. The average molecular weight is 227 g/mol. The van der Waals surface area contributed by atoms with Crippen LogP contribution in [0.3, 0.4) is 0 Å². The third kappa shape index (κ3) is 1.91. The maximum absolute atomic E-state index is 11.4. The van der Waals surface area contributed by atoms with E-state index in [2.05, 4.69) is 0 Å². The van der Waals surface area contributed by atoms with Crippen LogP contribution >= 0.6 is 11.6 Å². The van der Waals surface area contributed by atoms with E-state index in [1.165, 1.54) is 0 Å². The summed E-state index contributed by atoms with van der Waals surface area (Å²) in [5.41, 5.74) is 6.32. The Morgan fingerprint density at radius 2 is 2.13 bits per heavy atom. The number of carbonyl (C=O) groups excluding carboxylic acids is 1.